The molecule has 3 N–H and O–H groups in total. The van der Waals surface area contributed by atoms with E-state index in [1.54, 1.807) is 0 Å². The first kappa shape index (κ1) is 15.5. The minimum atomic E-state index is -0.595. The van der Waals surface area contributed by atoms with Crippen molar-refractivity contribution in [2.24, 2.45) is 5.73 Å². The molecule has 1 aliphatic heterocycles. The fourth-order valence-corrected chi connectivity index (χ4v) is 2.35. The van der Waals surface area contributed by atoms with Gasteiger partial charge in [0.25, 0.3) is 5.91 Å². The van der Waals surface area contributed by atoms with E-state index < -0.39 is 6.04 Å². The first-order valence-electron chi connectivity index (χ1n) is 7.41. The van der Waals surface area contributed by atoms with Crippen molar-refractivity contribution in [3.05, 3.63) is 35.4 Å². The lowest BCUT2D eigenvalue weighted by molar-refractivity contribution is -0.127. The molecule has 0 bridgehead atoms. The van der Waals surface area contributed by atoms with Crippen LogP contribution in [0, 0.1) is 0 Å². The number of nitrogens with one attached hydrogen (secondary N) is 1. The van der Waals surface area contributed by atoms with E-state index in [2.05, 4.69) is 19.2 Å². The molecule has 5 nitrogen and oxygen atoms in total. The Labute approximate surface area is 125 Å². The Morgan fingerprint density at radius 2 is 1.86 bits per heavy atom. The Hall–Kier alpha value is -1.88. The number of imide groups is 1. The van der Waals surface area contributed by atoms with Gasteiger partial charge in [-0.3, -0.25) is 9.69 Å². The smallest absolute Gasteiger partial charge is 0.325 e. The molecule has 1 aliphatic rings. The number of hydrogen-bond donors (Lipinski definition) is 2. The third-order valence-electron chi connectivity index (χ3n) is 3.90. The quantitative estimate of drug-likeness (QED) is 0.815. The van der Waals surface area contributed by atoms with Crippen LogP contribution < -0.4 is 11.1 Å². The Morgan fingerprint density at radius 1 is 1.24 bits per heavy atom. The van der Waals surface area contributed by atoms with Gasteiger partial charge in [0, 0.05) is 12.6 Å². The second kappa shape index (κ2) is 6.26. The van der Waals surface area contributed by atoms with Crippen molar-refractivity contribution in [3.63, 3.8) is 0 Å². The maximum absolute atomic E-state index is 12.4. The molecule has 1 heterocycles. The lowest BCUT2D eigenvalue weighted by atomic mass is 9.99. The molecule has 0 saturated carbocycles. The number of hydrogen-bond acceptors (Lipinski definition) is 3. The van der Waals surface area contributed by atoms with Crippen LogP contribution in [-0.4, -0.2) is 29.4 Å². The standard InChI is InChI=1S/C16H23N3O2/c1-4-13(17)9-19-15(20)14(18-16(19)21)12-7-5-11(6-8-12)10(2)3/h5-8,10,13-14H,4,9,17H2,1-3H3,(H,18,21). The van der Waals surface area contributed by atoms with E-state index in [9.17, 15) is 9.59 Å². The third-order valence-corrected chi connectivity index (χ3v) is 3.90. The Kier molecular flexibility index (Phi) is 4.63. The molecule has 0 aromatic heterocycles. The zero-order valence-corrected chi connectivity index (χ0v) is 12.8. The molecule has 0 aliphatic carbocycles. The van der Waals surface area contributed by atoms with Gasteiger partial charge in [0.15, 0.2) is 0 Å². The Bertz CT molecular complexity index is 525. The van der Waals surface area contributed by atoms with E-state index in [1.807, 2.05) is 31.2 Å². The van der Waals surface area contributed by atoms with Gasteiger partial charge in [0.1, 0.15) is 6.04 Å². The third kappa shape index (κ3) is 3.24. The average molecular weight is 289 g/mol. The number of rotatable bonds is 5. The van der Waals surface area contributed by atoms with Crippen LogP contribution in [0.2, 0.25) is 0 Å². The van der Waals surface area contributed by atoms with Crippen LogP contribution >= 0.6 is 0 Å². The summed E-state index contributed by atoms with van der Waals surface area (Å²) >= 11 is 0. The molecule has 21 heavy (non-hydrogen) atoms. The van der Waals surface area contributed by atoms with Crippen molar-refractivity contribution in [2.45, 2.75) is 45.2 Å². The van der Waals surface area contributed by atoms with Crippen molar-refractivity contribution >= 4 is 11.9 Å². The average Bonchev–Trinajstić information content (AvgIpc) is 2.75. The zero-order valence-electron chi connectivity index (χ0n) is 12.8. The number of urea groups is 1. The van der Waals surface area contributed by atoms with Crippen LogP contribution in [-0.2, 0) is 4.79 Å². The second-order valence-electron chi connectivity index (χ2n) is 5.82. The summed E-state index contributed by atoms with van der Waals surface area (Å²) in [7, 11) is 0. The topological polar surface area (TPSA) is 75.4 Å². The summed E-state index contributed by atoms with van der Waals surface area (Å²) in [6, 6.07) is 6.68. The van der Waals surface area contributed by atoms with Crippen molar-refractivity contribution in [2.75, 3.05) is 6.54 Å². The van der Waals surface area contributed by atoms with E-state index in [-0.39, 0.29) is 24.5 Å². The molecule has 0 radical (unpaired) electrons. The van der Waals surface area contributed by atoms with Crippen molar-refractivity contribution in [3.8, 4) is 0 Å². The van der Waals surface area contributed by atoms with Crippen molar-refractivity contribution in [1.82, 2.24) is 10.2 Å². The van der Waals surface area contributed by atoms with Gasteiger partial charge in [0.05, 0.1) is 0 Å². The summed E-state index contributed by atoms with van der Waals surface area (Å²) in [5, 5.41) is 2.73. The van der Waals surface area contributed by atoms with Crippen LogP contribution in [0.5, 0.6) is 0 Å². The van der Waals surface area contributed by atoms with Gasteiger partial charge in [-0.2, -0.15) is 0 Å². The first-order valence-corrected chi connectivity index (χ1v) is 7.41. The summed E-state index contributed by atoms with van der Waals surface area (Å²) in [4.78, 5) is 25.5. The minimum Gasteiger partial charge on any atom is -0.326 e. The van der Waals surface area contributed by atoms with Crippen LogP contribution in [0.3, 0.4) is 0 Å². The Morgan fingerprint density at radius 3 is 2.38 bits per heavy atom. The van der Waals surface area contributed by atoms with E-state index in [0.717, 1.165) is 12.0 Å². The van der Waals surface area contributed by atoms with Gasteiger partial charge in [-0.15, -0.1) is 0 Å². The normalized spacial score (nSPS) is 20.0. The highest BCUT2D eigenvalue weighted by Gasteiger charge is 2.39. The van der Waals surface area contributed by atoms with Crippen LogP contribution in [0.25, 0.3) is 0 Å². The Balaban J connectivity index is 2.14. The van der Waals surface area contributed by atoms with E-state index in [4.69, 9.17) is 5.73 Å². The van der Waals surface area contributed by atoms with Crippen LogP contribution in [0.15, 0.2) is 24.3 Å². The maximum atomic E-state index is 12.4. The molecule has 1 aromatic carbocycles. The highest BCUT2D eigenvalue weighted by molar-refractivity contribution is 6.04. The molecule has 1 fully saturated rings. The van der Waals surface area contributed by atoms with E-state index >= 15 is 0 Å². The summed E-state index contributed by atoms with van der Waals surface area (Å²) in [5.41, 5.74) is 7.86. The van der Waals surface area contributed by atoms with Crippen molar-refractivity contribution < 1.29 is 9.59 Å². The molecule has 1 saturated heterocycles. The fourth-order valence-electron chi connectivity index (χ4n) is 2.35. The largest absolute Gasteiger partial charge is 0.326 e. The molecule has 0 spiro atoms. The van der Waals surface area contributed by atoms with Crippen molar-refractivity contribution in [1.29, 1.82) is 0 Å². The molecule has 5 heteroatoms. The first-order chi connectivity index (χ1) is 9.93. The SMILES string of the molecule is CCC(N)CN1C(=O)NC(c2ccc(C(C)C)cc2)C1=O. The molecule has 114 valence electrons. The predicted octanol–water partition coefficient (Wildman–Crippen LogP) is 2.14. The van der Waals surface area contributed by atoms with Gasteiger partial charge in [-0.05, 0) is 23.5 Å². The number of nitrogens with zero attached hydrogens (tertiary/aromatic N) is 1. The van der Waals surface area contributed by atoms with Gasteiger partial charge in [-0.1, -0.05) is 45.0 Å². The molecule has 3 amide bonds. The highest BCUT2D eigenvalue weighted by Crippen LogP contribution is 2.24. The fraction of sp³-hybridized carbons (Fsp3) is 0.500. The number of carbonyl (C=O) groups is 2. The number of benzene rings is 1. The summed E-state index contributed by atoms with van der Waals surface area (Å²) in [6.07, 6.45) is 0.727. The summed E-state index contributed by atoms with van der Waals surface area (Å²) in [6.45, 7) is 6.43. The number of carbonyl (C=O) groups excluding carboxylic acids is 2. The summed E-state index contributed by atoms with van der Waals surface area (Å²) in [5.74, 6) is 0.216. The molecule has 1 aromatic rings. The van der Waals surface area contributed by atoms with E-state index in [1.165, 1.54) is 10.5 Å². The number of amides is 3. The molecular formula is C16H23N3O2. The number of nitrogens with two attached hydrogens (primary N) is 1. The maximum Gasteiger partial charge on any atom is 0.325 e. The lowest BCUT2D eigenvalue weighted by Gasteiger charge is -2.17. The van der Waals surface area contributed by atoms with Gasteiger partial charge < -0.3 is 11.1 Å². The minimum absolute atomic E-state index is 0.179. The zero-order chi connectivity index (χ0) is 15.6. The second-order valence-corrected chi connectivity index (χ2v) is 5.82. The van der Waals surface area contributed by atoms with Gasteiger partial charge in [-0.25, -0.2) is 4.79 Å². The monoisotopic (exact) mass is 289 g/mol. The summed E-state index contributed by atoms with van der Waals surface area (Å²) < 4.78 is 0. The van der Waals surface area contributed by atoms with E-state index in [0.29, 0.717) is 5.92 Å². The highest BCUT2D eigenvalue weighted by atomic mass is 16.2. The predicted molar refractivity (Wildman–Crippen MR) is 81.8 cm³/mol. The molecular weight excluding hydrogens is 266 g/mol. The van der Waals surface area contributed by atoms with Gasteiger partial charge >= 0.3 is 6.03 Å². The molecule has 2 unspecified atom stereocenters. The lowest BCUT2D eigenvalue weighted by Crippen LogP contribution is -2.41. The van der Waals surface area contributed by atoms with Crippen LogP contribution in [0.4, 0.5) is 4.79 Å². The molecule has 2 atom stereocenters. The van der Waals surface area contributed by atoms with Gasteiger partial charge in [0.2, 0.25) is 0 Å². The van der Waals surface area contributed by atoms with Crippen LogP contribution in [0.1, 0.15) is 50.3 Å². The molecule has 2 rings (SSSR count).